The lowest BCUT2D eigenvalue weighted by Crippen LogP contribution is -2.30. The number of unbranched alkanes of at least 4 members (excludes halogenated alkanes) is 25. The van der Waals surface area contributed by atoms with Crippen molar-refractivity contribution in [3.8, 4) is 0 Å². The molecule has 0 aromatic heterocycles. The van der Waals surface area contributed by atoms with Gasteiger partial charge in [0, 0.05) is 19.3 Å². The van der Waals surface area contributed by atoms with Crippen LogP contribution in [0.15, 0.2) is 36.5 Å². The first kappa shape index (κ1) is 52.6. The number of rotatable bonds is 42. The van der Waals surface area contributed by atoms with Gasteiger partial charge in [-0.2, -0.15) is 0 Å². The Bertz CT molecular complexity index is 938. The van der Waals surface area contributed by atoms with Crippen molar-refractivity contribution in [2.24, 2.45) is 0 Å². The monoisotopic (exact) mass is 773 g/mol. The Labute approximate surface area is 340 Å². The van der Waals surface area contributed by atoms with Crippen LogP contribution in [0.4, 0.5) is 0 Å². The molecule has 0 fully saturated rings. The number of ether oxygens (including phenoxy) is 3. The van der Waals surface area contributed by atoms with E-state index in [1.54, 1.807) is 0 Å². The van der Waals surface area contributed by atoms with Crippen LogP contribution in [0.3, 0.4) is 0 Å². The van der Waals surface area contributed by atoms with Gasteiger partial charge in [-0.15, -0.1) is 0 Å². The summed E-state index contributed by atoms with van der Waals surface area (Å²) in [6.45, 7) is 6.54. The summed E-state index contributed by atoms with van der Waals surface area (Å²) in [6, 6.07) is 0. The van der Waals surface area contributed by atoms with E-state index >= 15 is 0 Å². The maximum Gasteiger partial charge on any atom is 0.306 e. The molecule has 0 saturated carbocycles. The van der Waals surface area contributed by atoms with Gasteiger partial charge in [-0.05, 0) is 77.0 Å². The van der Waals surface area contributed by atoms with Crippen LogP contribution < -0.4 is 0 Å². The molecule has 0 saturated heterocycles. The van der Waals surface area contributed by atoms with Gasteiger partial charge in [0.1, 0.15) is 13.2 Å². The van der Waals surface area contributed by atoms with Crippen LogP contribution in [0.25, 0.3) is 0 Å². The second-order valence-corrected chi connectivity index (χ2v) is 15.7. The van der Waals surface area contributed by atoms with Gasteiger partial charge >= 0.3 is 17.9 Å². The molecule has 0 bridgehead atoms. The Morgan fingerprint density at radius 1 is 0.364 bits per heavy atom. The summed E-state index contributed by atoms with van der Waals surface area (Å²) in [4.78, 5) is 37.7. The summed E-state index contributed by atoms with van der Waals surface area (Å²) in [5, 5.41) is 0. The van der Waals surface area contributed by atoms with E-state index in [0.717, 1.165) is 83.5 Å². The van der Waals surface area contributed by atoms with Gasteiger partial charge in [0.2, 0.25) is 0 Å². The van der Waals surface area contributed by atoms with Crippen LogP contribution in [-0.4, -0.2) is 37.2 Å². The molecule has 0 aliphatic rings. The van der Waals surface area contributed by atoms with E-state index in [4.69, 9.17) is 14.2 Å². The average Bonchev–Trinajstić information content (AvgIpc) is 3.18. The second-order valence-electron chi connectivity index (χ2n) is 15.7. The summed E-state index contributed by atoms with van der Waals surface area (Å²) in [5.41, 5.74) is 0. The average molecular weight is 773 g/mol. The number of hydrogen-bond donors (Lipinski definition) is 0. The van der Waals surface area contributed by atoms with Gasteiger partial charge in [0.25, 0.3) is 0 Å². The first-order valence-corrected chi connectivity index (χ1v) is 23.5. The topological polar surface area (TPSA) is 78.9 Å². The number of carbonyl (C=O) groups is 3. The third-order valence-corrected chi connectivity index (χ3v) is 10.1. The fourth-order valence-electron chi connectivity index (χ4n) is 6.52. The Hall–Kier alpha value is -2.37. The summed E-state index contributed by atoms with van der Waals surface area (Å²) in [7, 11) is 0. The van der Waals surface area contributed by atoms with Crippen molar-refractivity contribution < 1.29 is 28.6 Å². The zero-order valence-electron chi connectivity index (χ0n) is 36.4. The van der Waals surface area contributed by atoms with Gasteiger partial charge in [0.15, 0.2) is 6.10 Å². The van der Waals surface area contributed by atoms with Crippen molar-refractivity contribution in [1.82, 2.24) is 0 Å². The number of esters is 3. The molecular formula is C49H88O6. The molecule has 0 aromatic carbocycles. The minimum atomic E-state index is -0.773. The summed E-state index contributed by atoms with van der Waals surface area (Å²) in [6.07, 6.45) is 49.8. The van der Waals surface area contributed by atoms with Crippen molar-refractivity contribution in [2.45, 2.75) is 245 Å². The number of allylic oxidation sites excluding steroid dienone is 6. The van der Waals surface area contributed by atoms with Crippen LogP contribution in [0.1, 0.15) is 239 Å². The predicted molar refractivity (Wildman–Crippen MR) is 233 cm³/mol. The van der Waals surface area contributed by atoms with E-state index in [2.05, 4.69) is 57.2 Å². The highest BCUT2D eigenvalue weighted by molar-refractivity contribution is 5.71. The smallest absolute Gasteiger partial charge is 0.306 e. The molecule has 320 valence electrons. The molecule has 0 radical (unpaired) electrons. The van der Waals surface area contributed by atoms with Crippen molar-refractivity contribution in [2.75, 3.05) is 13.2 Å². The first-order chi connectivity index (χ1) is 27.0. The van der Waals surface area contributed by atoms with E-state index in [0.29, 0.717) is 19.3 Å². The van der Waals surface area contributed by atoms with Gasteiger partial charge in [-0.3, -0.25) is 14.4 Å². The Morgan fingerprint density at radius 2 is 0.655 bits per heavy atom. The minimum absolute atomic E-state index is 0.0766. The largest absolute Gasteiger partial charge is 0.462 e. The molecule has 6 nitrogen and oxygen atoms in total. The van der Waals surface area contributed by atoms with Crippen LogP contribution in [-0.2, 0) is 28.6 Å². The van der Waals surface area contributed by atoms with E-state index < -0.39 is 6.10 Å². The molecule has 6 heteroatoms. The molecule has 0 N–H and O–H groups in total. The molecular weight excluding hydrogens is 685 g/mol. The Morgan fingerprint density at radius 3 is 1.05 bits per heavy atom. The zero-order valence-corrected chi connectivity index (χ0v) is 36.4. The summed E-state index contributed by atoms with van der Waals surface area (Å²) < 4.78 is 16.7. The first-order valence-electron chi connectivity index (χ1n) is 23.5. The maximum atomic E-state index is 12.7. The van der Waals surface area contributed by atoms with Gasteiger partial charge in [-0.25, -0.2) is 0 Å². The van der Waals surface area contributed by atoms with Crippen molar-refractivity contribution >= 4 is 17.9 Å². The SMILES string of the molecule is CCCCC/C=C\C/C=C\CCCCCCCCCC(=O)OCC(COC(=O)CCCCCCCCCC)OC(=O)CCCCCCC/C=C\CCCCC. The predicted octanol–water partition coefficient (Wildman–Crippen LogP) is 15.0. The highest BCUT2D eigenvalue weighted by atomic mass is 16.6. The third-order valence-electron chi connectivity index (χ3n) is 10.1. The van der Waals surface area contributed by atoms with Crippen molar-refractivity contribution in [3.63, 3.8) is 0 Å². The third kappa shape index (κ3) is 42.6. The fraction of sp³-hybridized carbons (Fsp3) is 0.816. The quantitative estimate of drug-likeness (QED) is 0.0266. The van der Waals surface area contributed by atoms with E-state index in [1.165, 1.54) is 116 Å². The van der Waals surface area contributed by atoms with E-state index in [-0.39, 0.29) is 31.1 Å². The van der Waals surface area contributed by atoms with Crippen LogP contribution >= 0.6 is 0 Å². The van der Waals surface area contributed by atoms with E-state index in [9.17, 15) is 14.4 Å². The van der Waals surface area contributed by atoms with Crippen LogP contribution in [0.5, 0.6) is 0 Å². The molecule has 0 aliphatic carbocycles. The number of carbonyl (C=O) groups excluding carboxylic acids is 3. The second kappa shape index (κ2) is 44.3. The van der Waals surface area contributed by atoms with Crippen LogP contribution in [0, 0.1) is 0 Å². The molecule has 55 heavy (non-hydrogen) atoms. The highest BCUT2D eigenvalue weighted by Gasteiger charge is 2.19. The van der Waals surface area contributed by atoms with Gasteiger partial charge in [-0.1, -0.05) is 179 Å². The lowest BCUT2D eigenvalue weighted by molar-refractivity contribution is -0.167. The Kier molecular flexibility index (Phi) is 42.4. The van der Waals surface area contributed by atoms with Crippen LogP contribution in [0.2, 0.25) is 0 Å². The fourth-order valence-corrected chi connectivity index (χ4v) is 6.52. The normalized spacial score (nSPS) is 12.3. The maximum absolute atomic E-state index is 12.7. The summed E-state index contributed by atoms with van der Waals surface area (Å²) >= 11 is 0. The molecule has 0 heterocycles. The van der Waals surface area contributed by atoms with E-state index in [1.807, 2.05) is 0 Å². The Balaban J connectivity index is 4.31. The number of hydrogen-bond acceptors (Lipinski definition) is 6. The molecule has 0 rings (SSSR count). The minimum Gasteiger partial charge on any atom is -0.462 e. The molecule has 0 aliphatic heterocycles. The standard InChI is InChI=1S/C49H88O6/c1-4-7-10-13-16-19-21-23-24-25-26-27-29-30-33-36-39-42-48(51)54-45-46(44-53-47(50)41-38-35-32-18-15-12-9-6-3)55-49(52)43-40-37-34-31-28-22-20-17-14-11-8-5-2/h16-17,19-20,23-24,46H,4-15,18,21-22,25-45H2,1-3H3/b19-16-,20-17-,24-23-. The highest BCUT2D eigenvalue weighted by Crippen LogP contribution is 2.14. The van der Waals surface area contributed by atoms with Gasteiger partial charge in [0.05, 0.1) is 0 Å². The zero-order chi connectivity index (χ0) is 40.1. The molecule has 0 aromatic rings. The summed E-state index contributed by atoms with van der Waals surface area (Å²) in [5.74, 6) is -0.896. The van der Waals surface area contributed by atoms with Crippen molar-refractivity contribution in [1.29, 1.82) is 0 Å². The lowest BCUT2D eigenvalue weighted by atomic mass is 10.1. The molecule has 0 amide bonds. The molecule has 1 unspecified atom stereocenters. The molecule has 1 atom stereocenters. The lowest BCUT2D eigenvalue weighted by Gasteiger charge is -2.18. The van der Waals surface area contributed by atoms with Crippen molar-refractivity contribution in [3.05, 3.63) is 36.5 Å². The van der Waals surface area contributed by atoms with Gasteiger partial charge < -0.3 is 14.2 Å². The molecule has 0 spiro atoms.